The molecule has 0 amide bonds. The van der Waals surface area contributed by atoms with Crippen molar-refractivity contribution in [3.63, 3.8) is 0 Å². The van der Waals surface area contributed by atoms with Crippen molar-refractivity contribution in [2.75, 3.05) is 5.32 Å². The molecule has 2 rings (SSSR count). The average Bonchev–Trinajstić information content (AvgIpc) is 2.86. The van der Waals surface area contributed by atoms with Gasteiger partial charge in [-0.15, -0.1) is 0 Å². The van der Waals surface area contributed by atoms with Crippen LogP contribution in [-0.4, -0.2) is 4.92 Å². The van der Waals surface area contributed by atoms with Crippen LogP contribution in [0, 0.1) is 19.5 Å². The fraction of sp³-hybridized carbons (Fsp3) is 0.167. The molecule has 1 N–H and O–H groups in total. The van der Waals surface area contributed by atoms with Crippen molar-refractivity contribution in [3.8, 4) is 0 Å². The molecule has 4 nitrogen and oxygen atoms in total. The molecule has 0 aliphatic heterocycles. The number of nitrogens with one attached hydrogen (secondary N) is 1. The molecule has 2 aromatic rings. The molecule has 19 heavy (non-hydrogen) atoms. The van der Waals surface area contributed by atoms with Crippen molar-refractivity contribution in [3.05, 3.63) is 54.0 Å². The monoisotopic (exact) mass is 392 g/mol. The first-order chi connectivity index (χ1) is 8.99. The van der Waals surface area contributed by atoms with Crippen LogP contribution in [0.3, 0.4) is 0 Å². The maximum Gasteiger partial charge on any atom is 0.293 e. The van der Waals surface area contributed by atoms with Gasteiger partial charge in [0.2, 0.25) is 0 Å². The summed E-state index contributed by atoms with van der Waals surface area (Å²) in [6.45, 7) is 1.88. The summed E-state index contributed by atoms with van der Waals surface area (Å²) >= 11 is 3.28. The maximum atomic E-state index is 13.5. The Balaban J connectivity index is 2.33. The van der Waals surface area contributed by atoms with E-state index in [4.69, 9.17) is 0 Å². The third-order valence-electron chi connectivity index (χ3n) is 2.65. The highest BCUT2D eigenvalue weighted by molar-refractivity contribution is 14.1. The quantitative estimate of drug-likeness (QED) is 0.471. The second kappa shape index (κ2) is 5.83. The molecule has 0 bridgehead atoms. The summed E-state index contributed by atoms with van der Waals surface area (Å²) < 4.78 is 13.8. The van der Waals surface area contributed by atoms with Crippen LogP contribution in [0.5, 0.6) is 0 Å². The first-order valence-electron chi connectivity index (χ1n) is 5.41. The van der Waals surface area contributed by atoms with Crippen molar-refractivity contribution < 1.29 is 9.31 Å². The van der Waals surface area contributed by atoms with Crippen LogP contribution in [0.25, 0.3) is 0 Å². The van der Waals surface area contributed by atoms with E-state index in [-0.39, 0.29) is 21.0 Å². The van der Waals surface area contributed by atoms with Gasteiger partial charge in [0.25, 0.3) is 5.69 Å². The summed E-state index contributed by atoms with van der Waals surface area (Å²) in [7, 11) is 0. The molecule has 0 saturated carbocycles. The Hall–Kier alpha value is -1.22. The number of nitro groups is 1. The van der Waals surface area contributed by atoms with E-state index in [2.05, 4.69) is 5.32 Å². The first-order valence-corrected chi connectivity index (χ1v) is 7.43. The summed E-state index contributed by atoms with van der Waals surface area (Å²) in [5.74, 6) is -0.466. The van der Waals surface area contributed by atoms with Gasteiger partial charge in [0.15, 0.2) is 0 Å². The zero-order valence-corrected chi connectivity index (χ0v) is 12.9. The fourth-order valence-corrected chi connectivity index (χ4v) is 2.85. The van der Waals surface area contributed by atoms with Crippen molar-refractivity contribution in [1.29, 1.82) is 0 Å². The van der Waals surface area contributed by atoms with Gasteiger partial charge in [-0.25, -0.2) is 4.39 Å². The van der Waals surface area contributed by atoms with Crippen LogP contribution in [0.15, 0.2) is 29.0 Å². The number of hydrogen-bond donors (Lipinski definition) is 1. The number of nitro benzene ring substituents is 1. The van der Waals surface area contributed by atoms with Crippen LogP contribution in [0.1, 0.15) is 18.5 Å². The third kappa shape index (κ3) is 3.21. The lowest BCUT2D eigenvalue weighted by Gasteiger charge is -2.14. The summed E-state index contributed by atoms with van der Waals surface area (Å²) in [5, 5.41) is 17.9. The van der Waals surface area contributed by atoms with Gasteiger partial charge in [0, 0.05) is 18.2 Å². The number of hydrogen-bond acceptors (Lipinski definition) is 4. The molecule has 1 unspecified atom stereocenters. The molecule has 0 fully saturated rings. The van der Waals surface area contributed by atoms with E-state index in [0.717, 1.165) is 5.56 Å². The second-order valence-corrected chi connectivity index (χ2v) is 5.91. The lowest BCUT2D eigenvalue weighted by Crippen LogP contribution is -2.08. The second-order valence-electron chi connectivity index (χ2n) is 3.96. The van der Waals surface area contributed by atoms with Gasteiger partial charge in [-0.05, 0) is 51.9 Å². The minimum absolute atomic E-state index is 0.118. The number of benzene rings is 1. The topological polar surface area (TPSA) is 55.2 Å². The molecule has 1 atom stereocenters. The predicted octanol–water partition coefficient (Wildman–Crippen LogP) is 4.57. The Labute approximate surface area is 126 Å². The molecule has 1 aromatic heterocycles. The fourth-order valence-electron chi connectivity index (χ4n) is 1.64. The summed E-state index contributed by atoms with van der Waals surface area (Å²) in [4.78, 5) is 10.5. The van der Waals surface area contributed by atoms with Crippen LogP contribution in [0.2, 0.25) is 0 Å². The minimum atomic E-state index is -0.510. The smallest absolute Gasteiger partial charge is 0.293 e. The van der Waals surface area contributed by atoms with Crippen LogP contribution in [0.4, 0.5) is 15.8 Å². The van der Waals surface area contributed by atoms with E-state index in [0.29, 0.717) is 0 Å². The zero-order valence-electron chi connectivity index (χ0n) is 9.89. The van der Waals surface area contributed by atoms with Gasteiger partial charge in [0.05, 0.1) is 8.49 Å². The van der Waals surface area contributed by atoms with Gasteiger partial charge in [-0.3, -0.25) is 10.1 Å². The third-order valence-corrected chi connectivity index (χ3v) is 4.18. The molecule has 7 heteroatoms. The highest BCUT2D eigenvalue weighted by Gasteiger charge is 2.19. The number of halogens is 2. The zero-order chi connectivity index (χ0) is 14.0. The lowest BCUT2D eigenvalue weighted by atomic mass is 10.1. The molecular weight excluding hydrogens is 382 g/mol. The molecule has 0 aliphatic carbocycles. The molecular formula is C12H10FIN2O2S. The van der Waals surface area contributed by atoms with Crippen LogP contribution < -0.4 is 5.32 Å². The van der Waals surface area contributed by atoms with Crippen molar-refractivity contribution >= 4 is 45.3 Å². The van der Waals surface area contributed by atoms with Crippen LogP contribution >= 0.6 is 33.9 Å². The van der Waals surface area contributed by atoms with E-state index in [1.807, 2.05) is 23.8 Å². The molecule has 0 saturated heterocycles. The van der Waals surface area contributed by atoms with Gasteiger partial charge >= 0.3 is 0 Å². The van der Waals surface area contributed by atoms with Crippen LogP contribution in [-0.2, 0) is 0 Å². The largest absolute Gasteiger partial charge is 0.373 e. The Morgan fingerprint density at radius 2 is 2.26 bits per heavy atom. The number of nitrogens with zero attached hydrogens (tertiary/aromatic N) is 1. The van der Waals surface area contributed by atoms with Crippen molar-refractivity contribution in [1.82, 2.24) is 0 Å². The van der Waals surface area contributed by atoms with Gasteiger partial charge in [-0.1, -0.05) is 0 Å². The van der Waals surface area contributed by atoms with E-state index in [1.165, 1.54) is 12.1 Å². The Morgan fingerprint density at radius 1 is 1.53 bits per heavy atom. The normalized spacial score (nSPS) is 12.2. The number of rotatable bonds is 4. The molecule has 0 spiro atoms. The average molecular weight is 392 g/mol. The highest BCUT2D eigenvalue weighted by atomic mass is 127. The number of anilines is 1. The Morgan fingerprint density at radius 3 is 2.84 bits per heavy atom. The minimum Gasteiger partial charge on any atom is -0.373 e. The Bertz CT molecular complexity index is 604. The standard InChI is InChI=1S/C12H10FIN2O2S/c1-7(8-2-3-19-6-8)15-11-4-9(13)10(14)5-12(11)16(17)18/h2-7,15H,1H3. The maximum absolute atomic E-state index is 13.5. The van der Waals surface area contributed by atoms with E-state index >= 15 is 0 Å². The molecule has 1 heterocycles. The van der Waals surface area contributed by atoms with Gasteiger partial charge < -0.3 is 5.32 Å². The first kappa shape index (κ1) is 14.2. The van der Waals surface area contributed by atoms with Gasteiger partial charge in [-0.2, -0.15) is 11.3 Å². The predicted molar refractivity (Wildman–Crippen MR) is 82.1 cm³/mol. The van der Waals surface area contributed by atoms with Crippen molar-refractivity contribution in [2.24, 2.45) is 0 Å². The number of thiophene rings is 1. The van der Waals surface area contributed by atoms with E-state index in [1.54, 1.807) is 33.9 Å². The highest BCUT2D eigenvalue weighted by Crippen LogP contribution is 2.31. The van der Waals surface area contributed by atoms with E-state index in [9.17, 15) is 14.5 Å². The lowest BCUT2D eigenvalue weighted by molar-refractivity contribution is -0.384. The molecule has 0 aliphatic rings. The Kier molecular flexibility index (Phi) is 4.35. The summed E-state index contributed by atoms with van der Waals surface area (Å²) in [5.41, 5.74) is 1.09. The van der Waals surface area contributed by atoms with E-state index < -0.39 is 10.7 Å². The van der Waals surface area contributed by atoms with Crippen molar-refractivity contribution in [2.45, 2.75) is 13.0 Å². The SMILES string of the molecule is CC(Nc1cc(F)c(I)cc1[N+](=O)[O-])c1ccsc1. The molecule has 100 valence electrons. The molecule has 0 radical (unpaired) electrons. The molecule has 1 aromatic carbocycles. The van der Waals surface area contributed by atoms with Gasteiger partial charge in [0.1, 0.15) is 11.5 Å². The summed E-state index contributed by atoms with van der Waals surface area (Å²) in [6.07, 6.45) is 0. The summed E-state index contributed by atoms with van der Waals surface area (Å²) in [6, 6.07) is 4.21.